The molecule has 2 fully saturated rings. The average molecular weight is 351 g/mol. The van der Waals surface area contributed by atoms with Gasteiger partial charge in [0, 0.05) is 43.7 Å². The van der Waals surface area contributed by atoms with Gasteiger partial charge in [-0.25, -0.2) is 0 Å². The van der Waals surface area contributed by atoms with Crippen LogP contribution < -0.4 is 0 Å². The molecule has 5 heteroatoms. The van der Waals surface area contributed by atoms with Gasteiger partial charge in [-0.1, -0.05) is 23.7 Å². The highest BCUT2D eigenvalue weighted by Gasteiger charge is 2.31. The summed E-state index contributed by atoms with van der Waals surface area (Å²) in [5.41, 5.74) is 1.14. The van der Waals surface area contributed by atoms with Crippen LogP contribution in [0, 0.1) is 0 Å². The van der Waals surface area contributed by atoms with Crippen LogP contribution in [0.3, 0.4) is 0 Å². The average Bonchev–Trinajstić information content (AvgIpc) is 2.71. The van der Waals surface area contributed by atoms with E-state index in [9.17, 15) is 4.79 Å². The number of morpholine rings is 1. The zero-order valence-electron chi connectivity index (χ0n) is 14.6. The predicted octanol–water partition coefficient (Wildman–Crippen LogP) is 3.33. The minimum absolute atomic E-state index is 0.266. The van der Waals surface area contributed by atoms with Crippen molar-refractivity contribution in [3.63, 3.8) is 0 Å². The molecule has 24 heavy (non-hydrogen) atoms. The quantitative estimate of drug-likeness (QED) is 0.838. The number of benzene rings is 1. The molecule has 3 atom stereocenters. The summed E-state index contributed by atoms with van der Waals surface area (Å²) in [4.78, 5) is 17.0. The number of hydrogen-bond donors (Lipinski definition) is 0. The number of carbonyl (C=O) groups excluding carboxylic acids is 1. The van der Waals surface area contributed by atoms with Gasteiger partial charge >= 0.3 is 0 Å². The van der Waals surface area contributed by atoms with Crippen LogP contribution in [-0.4, -0.2) is 53.6 Å². The molecule has 2 heterocycles. The van der Waals surface area contributed by atoms with E-state index >= 15 is 0 Å². The maximum atomic E-state index is 12.5. The van der Waals surface area contributed by atoms with E-state index in [4.69, 9.17) is 16.3 Å². The first-order valence-electron chi connectivity index (χ1n) is 8.93. The van der Waals surface area contributed by atoms with E-state index in [1.54, 1.807) is 0 Å². The van der Waals surface area contributed by atoms with Crippen LogP contribution >= 0.6 is 11.6 Å². The number of likely N-dealkylation sites (tertiary alicyclic amines) is 1. The minimum atomic E-state index is 0.266. The lowest BCUT2D eigenvalue weighted by Crippen LogP contribution is -2.50. The van der Waals surface area contributed by atoms with Crippen molar-refractivity contribution in [2.24, 2.45) is 0 Å². The molecule has 1 amide bonds. The van der Waals surface area contributed by atoms with Gasteiger partial charge in [0.05, 0.1) is 12.2 Å². The van der Waals surface area contributed by atoms with Crippen LogP contribution in [0.25, 0.3) is 0 Å². The molecule has 0 saturated carbocycles. The molecule has 2 aliphatic heterocycles. The van der Waals surface area contributed by atoms with Crippen LogP contribution in [0.1, 0.15) is 38.7 Å². The van der Waals surface area contributed by atoms with Gasteiger partial charge in [-0.05, 0) is 44.4 Å². The highest BCUT2D eigenvalue weighted by Crippen LogP contribution is 2.23. The number of rotatable bonds is 3. The monoisotopic (exact) mass is 350 g/mol. The summed E-state index contributed by atoms with van der Waals surface area (Å²) < 4.78 is 5.84. The van der Waals surface area contributed by atoms with Gasteiger partial charge < -0.3 is 9.64 Å². The largest absolute Gasteiger partial charge is 0.373 e. The Labute approximate surface area is 149 Å². The van der Waals surface area contributed by atoms with Crippen LogP contribution in [-0.2, 0) is 16.1 Å². The van der Waals surface area contributed by atoms with Crippen molar-refractivity contribution in [2.45, 2.75) is 57.9 Å². The lowest BCUT2D eigenvalue weighted by molar-refractivity contribution is -0.131. The molecule has 2 aliphatic rings. The fraction of sp³-hybridized carbons (Fsp3) is 0.632. The van der Waals surface area contributed by atoms with Crippen molar-refractivity contribution in [3.05, 3.63) is 34.9 Å². The molecule has 1 aromatic carbocycles. The fourth-order valence-corrected chi connectivity index (χ4v) is 4.01. The first-order valence-corrected chi connectivity index (χ1v) is 9.31. The van der Waals surface area contributed by atoms with E-state index in [0.717, 1.165) is 43.1 Å². The highest BCUT2D eigenvalue weighted by molar-refractivity contribution is 6.30. The Morgan fingerprint density at radius 2 is 1.79 bits per heavy atom. The lowest BCUT2D eigenvalue weighted by Gasteiger charge is -2.40. The number of hydrogen-bond acceptors (Lipinski definition) is 3. The molecule has 0 aliphatic carbocycles. The van der Waals surface area contributed by atoms with Crippen molar-refractivity contribution in [3.8, 4) is 0 Å². The van der Waals surface area contributed by atoms with E-state index < -0.39 is 0 Å². The van der Waals surface area contributed by atoms with Crippen molar-refractivity contribution >= 4 is 17.5 Å². The van der Waals surface area contributed by atoms with E-state index in [1.165, 1.54) is 0 Å². The van der Waals surface area contributed by atoms with E-state index in [1.807, 2.05) is 29.2 Å². The normalized spacial score (nSPS) is 29.5. The summed E-state index contributed by atoms with van der Waals surface area (Å²) in [5, 5.41) is 0.733. The maximum Gasteiger partial charge on any atom is 0.222 e. The van der Waals surface area contributed by atoms with Crippen LogP contribution in [0.5, 0.6) is 0 Å². The first-order chi connectivity index (χ1) is 11.5. The minimum Gasteiger partial charge on any atom is -0.373 e. The van der Waals surface area contributed by atoms with Gasteiger partial charge in [0.1, 0.15) is 0 Å². The summed E-state index contributed by atoms with van der Waals surface area (Å²) in [5.74, 6) is 0.266. The number of nitrogens with zero attached hydrogens (tertiary/aromatic N) is 2. The van der Waals surface area contributed by atoms with E-state index in [2.05, 4.69) is 18.7 Å². The Morgan fingerprint density at radius 1 is 1.12 bits per heavy atom. The number of ether oxygens (including phenoxy) is 1. The van der Waals surface area contributed by atoms with Gasteiger partial charge in [0.2, 0.25) is 5.91 Å². The first kappa shape index (κ1) is 17.7. The Bertz CT molecular complexity index is 553. The summed E-state index contributed by atoms with van der Waals surface area (Å²) in [6.07, 6.45) is 3.18. The smallest absolute Gasteiger partial charge is 0.222 e. The molecular weight excluding hydrogens is 324 g/mol. The van der Waals surface area contributed by atoms with Gasteiger partial charge in [-0.2, -0.15) is 0 Å². The second-order valence-corrected chi connectivity index (χ2v) is 7.57. The van der Waals surface area contributed by atoms with Gasteiger partial charge in [0.15, 0.2) is 0 Å². The summed E-state index contributed by atoms with van der Waals surface area (Å²) in [7, 11) is 0. The Hall–Kier alpha value is -1.10. The molecule has 132 valence electrons. The lowest BCUT2D eigenvalue weighted by atomic mass is 10.0. The Morgan fingerprint density at radius 3 is 2.46 bits per heavy atom. The summed E-state index contributed by atoms with van der Waals surface area (Å²) in [6.45, 7) is 7.72. The summed E-state index contributed by atoms with van der Waals surface area (Å²) >= 11 is 5.94. The summed E-state index contributed by atoms with van der Waals surface area (Å²) in [6, 6.07) is 8.27. The molecule has 0 spiro atoms. The topological polar surface area (TPSA) is 32.8 Å². The molecule has 0 radical (unpaired) electrons. The maximum absolute atomic E-state index is 12.5. The highest BCUT2D eigenvalue weighted by atomic mass is 35.5. The van der Waals surface area contributed by atoms with Crippen molar-refractivity contribution in [2.75, 3.05) is 19.6 Å². The zero-order chi connectivity index (χ0) is 17.1. The van der Waals surface area contributed by atoms with Crippen molar-refractivity contribution in [1.82, 2.24) is 9.80 Å². The zero-order valence-corrected chi connectivity index (χ0v) is 15.3. The van der Waals surface area contributed by atoms with Crippen LogP contribution in [0.15, 0.2) is 24.3 Å². The number of halogens is 1. The molecule has 0 unspecified atom stereocenters. The molecule has 4 nitrogen and oxygen atoms in total. The van der Waals surface area contributed by atoms with Gasteiger partial charge in [-0.15, -0.1) is 0 Å². The van der Waals surface area contributed by atoms with Crippen LogP contribution in [0.2, 0.25) is 5.02 Å². The number of carbonyl (C=O) groups is 1. The van der Waals surface area contributed by atoms with Crippen molar-refractivity contribution in [1.29, 1.82) is 0 Å². The van der Waals surface area contributed by atoms with Crippen LogP contribution in [0.4, 0.5) is 0 Å². The van der Waals surface area contributed by atoms with Gasteiger partial charge in [-0.3, -0.25) is 9.69 Å². The second-order valence-electron chi connectivity index (χ2n) is 7.13. The molecule has 2 saturated heterocycles. The standard InChI is InChI=1S/C19H27ClN2O2/c1-14-11-22(12-15(2)24-14)18-7-8-19(23)21(10-9-18)13-16-3-5-17(20)6-4-16/h3-6,14-15,18H,7-13H2,1-2H3/t14-,15+,18-/m0/s1. The van der Waals surface area contributed by atoms with E-state index in [0.29, 0.717) is 19.0 Å². The second kappa shape index (κ2) is 7.85. The molecular formula is C19H27ClN2O2. The van der Waals surface area contributed by atoms with Gasteiger partial charge in [0.25, 0.3) is 0 Å². The predicted molar refractivity (Wildman–Crippen MR) is 96.1 cm³/mol. The molecule has 0 N–H and O–H groups in total. The van der Waals surface area contributed by atoms with Crippen molar-refractivity contribution < 1.29 is 9.53 Å². The van der Waals surface area contributed by atoms with E-state index in [-0.39, 0.29) is 18.1 Å². The molecule has 0 bridgehead atoms. The Kier molecular flexibility index (Phi) is 5.80. The molecule has 3 rings (SSSR count). The number of amides is 1. The Balaban J connectivity index is 1.60. The molecule has 1 aromatic rings. The SMILES string of the molecule is C[C@@H]1CN([C@H]2CCC(=O)N(Cc3ccc(Cl)cc3)CC2)C[C@H](C)O1. The third kappa shape index (κ3) is 4.50. The third-order valence-electron chi connectivity index (χ3n) is 5.03. The molecule has 0 aromatic heterocycles. The third-order valence-corrected chi connectivity index (χ3v) is 5.28. The fourth-order valence-electron chi connectivity index (χ4n) is 3.88.